The lowest BCUT2D eigenvalue weighted by atomic mass is 10.0. The lowest BCUT2D eigenvalue weighted by molar-refractivity contribution is -0.143. The van der Waals surface area contributed by atoms with Gasteiger partial charge < -0.3 is 20.3 Å². The van der Waals surface area contributed by atoms with Crippen LogP contribution in [0.2, 0.25) is 0 Å². The molecule has 0 spiro atoms. The van der Waals surface area contributed by atoms with E-state index in [0.717, 1.165) is 22.3 Å². The summed E-state index contributed by atoms with van der Waals surface area (Å²) >= 11 is 0. The fourth-order valence-electron chi connectivity index (χ4n) is 6.26. The van der Waals surface area contributed by atoms with Crippen molar-refractivity contribution in [1.82, 2.24) is 20.4 Å². The van der Waals surface area contributed by atoms with E-state index in [1.165, 1.54) is 11.0 Å². The molecule has 5 atom stereocenters. The first kappa shape index (κ1) is 30.9. The van der Waals surface area contributed by atoms with Crippen LogP contribution in [0.25, 0.3) is 11.1 Å². The number of amides is 3. The number of benzene rings is 2. The summed E-state index contributed by atoms with van der Waals surface area (Å²) in [5.74, 6) is -2.83. The summed E-state index contributed by atoms with van der Waals surface area (Å²) in [4.78, 5) is 47.6. The van der Waals surface area contributed by atoms with E-state index >= 15 is 0 Å². The number of sulfonamides is 1. The Kier molecular flexibility index (Phi) is 8.04. The van der Waals surface area contributed by atoms with Gasteiger partial charge in [-0.25, -0.2) is 8.42 Å². The molecule has 0 radical (unpaired) electrons. The maximum absolute atomic E-state index is 13.8. The summed E-state index contributed by atoms with van der Waals surface area (Å²) in [7, 11) is -3.75. The van der Waals surface area contributed by atoms with Gasteiger partial charge >= 0.3 is 0 Å². The smallest absolute Gasteiger partial charge is 0.243 e. The Morgan fingerprint density at radius 3 is 2.18 bits per heavy atom. The number of nitrogens with zero attached hydrogens (tertiary/aromatic N) is 2. The van der Waals surface area contributed by atoms with Crippen LogP contribution in [0, 0.1) is 11.8 Å². The van der Waals surface area contributed by atoms with Crippen LogP contribution in [0.3, 0.4) is 0 Å². The van der Waals surface area contributed by atoms with Crippen molar-refractivity contribution in [2.24, 2.45) is 17.0 Å². The summed E-state index contributed by atoms with van der Waals surface area (Å²) in [5, 5.41) is 16.6. The molecule has 3 fully saturated rings. The van der Waals surface area contributed by atoms with Gasteiger partial charge in [0.15, 0.2) is 0 Å². The molecular weight excluding hydrogens is 598 g/mol. The minimum atomic E-state index is -3.75. The SMILES string of the molecule is C=C[C@]1(NC(=O)[C@@H]2C[C@@H](ON=C3c4ccccc4-c4ccccc43)CN2C(=O)[C@H](NO)C(C)C)C[C@@H]1C(=O)NS(=O)(=O)C1CC1. The Hall–Kier alpha value is -4.07. The fourth-order valence-corrected chi connectivity index (χ4v) is 7.61. The molecule has 0 bridgehead atoms. The first-order valence-electron chi connectivity index (χ1n) is 15.1. The fraction of sp³-hybridized carbons (Fsp3) is 0.438. The summed E-state index contributed by atoms with van der Waals surface area (Å²) < 4.78 is 26.8. The van der Waals surface area contributed by atoms with Crippen LogP contribution in [0.4, 0.5) is 0 Å². The maximum atomic E-state index is 13.8. The second-order valence-corrected chi connectivity index (χ2v) is 14.5. The number of oxime groups is 1. The molecule has 1 heterocycles. The molecule has 2 aromatic carbocycles. The number of hydroxylamine groups is 1. The predicted octanol–water partition coefficient (Wildman–Crippen LogP) is 2.08. The molecule has 0 unspecified atom stereocenters. The molecule has 4 aliphatic rings. The number of carbonyl (C=O) groups excluding carboxylic acids is 3. The molecule has 4 N–H and O–H groups in total. The zero-order valence-electron chi connectivity index (χ0n) is 25.1. The Morgan fingerprint density at radius 1 is 1.04 bits per heavy atom. The second kappa shape index (κ2) is 11.7. The Morgan fingerprint density at radius 2 is 1.64 bits per heavy atom. The summed E-state index contributed by atoms with van der Waals surface area (Å²) in [5.41, 5.74) is 5.46. The zero-order valence-corrected chi connectivity index (χ0v) is 25.9. The van der Waals surface area contributed by atoms with Crippen molar-refractivity contribution >= 4 is 33.5 Å². The molecule has 3 aliphatic carbocycles. The normalized spacial score (nSPS) is 25.6. The highest BCUT2D eigenvalue weighted by Crippen LogP contribution is 2.45. The molecule has 1 aliphatic heterocycles. The van der Waals surface area contributed by atoms with E-state index < -0.39 is 62.6 Å². The quantitative estimate of drug-likeness (QED) is 0.184. The van der Waals surface area contributed by atoms with Gasteiger partial charge in [0, 0.05) is 17.5 Å². The van der Waals surface area contributed by atoms with Crippen molar-refractivity contribution in [2.75, 3.05) is 6.54 Å². The highest BCUT2D eigenvalue weighted by Gasteiger charge is 2.59. The van der Waals surface area contributed by atoms with Gasteiger partial charge in [0.1, 0.15) is 23.9 Å². The van der Waals surface area contributed by atoms with Crippen LogP contribution >= 0.6 is 0 Å². The zero-order chi connectivity index (χ0) is 32.1. The van der Waals surface area contributed by atoms with E-state index in [0.29, 0.717) is 18.6 Å². The lowest BCUT2D eigenvalue weighted by Gasteiger charge is -2.29. The monoisotopic (exact) mass is 635 g/mol. The molecule has 2 aromatic rings. The Bertz CT molecular complexity index is 1640. The van der Waals surface area contributed by atoms with Gasteiger partial charge in [0.05, 0.1) is 23.3 Å². The van der Waals surface area contributed by atoms with E-state index in [-0.39, 0.29) is 25.3 Å². The van der Waals surface area contributed by atoms with Crippen LogP contribution in [0.1, 0.15) is 50.7 Å². The van der Waals surface area contributed by atoms with Crippen LogP contribution in [0.15, 0.2) is 66.3 Å². The first-order chi connectivity index (χ1) is 21.5. The van der Waals surface area contributed by atoms with E-state index in [1.54, 1.807) is 13.8 Å². The highest BCUT2D eigenvalue weighted by atomic mass is 32.2. The number of fused-ring (bicyclic) bond motifs is 3. The Labute approximate surface area is 261 Å². The average Bonchev–Trinajstić information content (AvgIpc) is 3.93. The predicted molar refractivity (Wildman–Crippen MR) is 165 cm³/mol. The highest BCUT2D eigenvalue weighted by molar-refractivity contribution is 7.90. The van der Waals surface area contributed by atoms with Gasteiger partial charge in [0.25, 0.3) is 0 Å². The number of hydrogen-bond acceptors (Lipinski definition) is 9. The number of hydrogen-bond donors (Lipinski definition) is 4. The number of rotatable bonds is 11. The van der Waals surface area contributed by atoms with E-state index in [1.807, 2.05) is 48.5 Å². The Balaban J connectivity index is 1.21. The van der Waals surface area contributed by atoms with Crippen molar-refractivity contribution in [3.8, 4) is 11.1 Å². The van der Waals surface area contributed by atoms with Gasteiger partial charge in [-0.05, 0) is 36.3 Å². The van der Waals surface area contributed by atoms with E-state index in [4.69, 9.17) is 4.84 Å². The molecule has 238 valence electrons. The summed E-state index contributed by atoms with van der Waals surface area (Å²) in [6.45, 7) is 7.35. The molecule has 12 nitrogen and oxygen atoms in total. The van der Waals surface area contributed by atoms with Gasteiger partial charge in [-0.15, -0.1) is 6.58 Å². The molecule has 6 rings (SSSR count). The van der Waals surface area contributed by atoms with Crippen molar-refractivity contribution < 1.29 is 32.8 Å². The maximum Gasteiger partial charge on any atom is 0.243 e. The summed E-state index contributed by atoms with van der Waals surface area (Å²) in [6.07, 6.45) is 2.08. The van der Waals surface area contributed by atoms with Gasteiger partial charge in [-0.2, -0.15) is 5.48 Å². The molecule has 1 saturated heterocycles. The number of carbonyl (C=O) groups is 3. The minimum Gasteiger partial charge on any atom is -0.390 e. The third kappa shape index (κ3) is 5.75. The molecule has 3 amide bonds. The lowest BCUT2D eigenvalue weighted by Crippen LogP contribution is -2.55. The first-order valence-corrected chi connectivity index (χ1v) is 16.7. The largest absolute Gasteiger partial charge is 0.390 e. The van der Waals surface area contributed by atoms with Gasteiger partial charge in [0.2, 0.25) is 27.7 Å². The third-order valence-corrected chi connectivity index (χ3v) is 10.9. The van der Waals surface area contributed by atoms with Crippen molar-refractivity contribution in [3.63, 3.8) is 0 Å². The van der Waals surface area contributed by atoms with Gasteiger partial charge in [-0.1, -0.05) is 73.6 Å². The van der Waals surface area contributed by atoms with Crippen molar-refractivity contribution in [1.29, 1.82) is 0 Å². The van der Waals surface area contributed by atoms with Crippen LogP contribution < -0.4 is 15.5 Å². The van der Waals surface area contributed by atoms with Crippen molar-refractivity contribution in [3.05, 3.63) is 72.3 Å². The van der Waals surface area contributed by atoms with Crippen LogP contribution in [-0.2, 0) is 29.2 Å². The van der Waals surface area contributed by atoms with Gasteiger partial charge in [-0.3, -0.25) is 19.1 Å². The van der Waals surface area contributed by atoms with E-state index in [9.17, 15) is 28.0 Å². The van der Waals surface area contributed by atoms with Crippen molar-refractivity contribution in [2.45, 2.75) is 68.5 Å². The second-order valence-electron chi connectivity index (χ2n) is 12.6. The molecule has 2 saturated carbocycles. The number of nitrogens with one attached hydrogen (secondary N) is 3. The molecule has 13 heteroatoms. The average molecular weight is 636 g/mol. The third-order valence-electron chi connectivity index (χ3n) is 9.11. The standard InChI is InChI=1S/C32H37N5O7S/c1-4-32(16-25(32)29(38)36-45(42,43)20-13-14-20)33-30(39)26-15-19(17-37(26)31(40)27(34-41)18(2)3)44-35-28-23-11-7-5-9-21(23)22-10-6-8-12-24(22)28/h4-12,18-20,25-27,34,41H,1,13-17H2,2-3H3,(H,33,39)(H,36,38)/t19-,25-,26+,27-,32+/m1/s1. The topological polar surface area (TPSA) is 166 Å². The van der Waals surface area contributed by atoms with E-state index in [2.05, 4.69) is 27.3 Å². The summed E-state index contributed by atoms with van der Waals surface area (Å²) in [6, 6.07) is 13.7. The molecule has 0 aromatic heterocycles. The number of likely N-dealkylation sites (tertiary alicyclic amines) is 1. The minimum absolute atomic E-state index is 0.0343. The molecule has 45 heavy (non-hydrogen) atoms. The molecular formula is C32H37N5O7S. The van der Waals surface area contributed by atoms with Crippen LogP contribution in [-0.4, -0.2) is 77.5 Å². The van der Waals surface area contributed by atoms with Crippen LogP contribution in [0.5, 0.6) is 0 Å².